The molecule has 3 heteroatoms. The highest BCUT2D eigenvalue weighted by atomic mass is 19.1. The lowest BCUT2D eigenvalue weighted by Crippen LogP contribution is -1.98. The lowest BCUT2D eigenvalue weighted by Gasteiger charge is -2.07. The van der Waals surface area contributed by atoms with Crippen LogP contribution in [0.25, 0.3) is 0 Å². The van der Waals surface area contributed by atoms with Crippen LogP contribution < -0.4 is 0 Å². The highest BCUT2D eigenvalue weighted by molar-refractivity contribution is 5.77. The van der Waals surface area contributed by atoms with Gasteiger partial charge in [0.15, 0.2) is 0 Å². The number of halogens is 1. The van der Waals surface area contributed by atoms with Crippen molar-refractivity contribution in [3.05, 3.63) is 71.0 Å². The Morgan fingerprint density at radius 1 is 1.06 bits per heavy atom. The van der Waals surface area contributed by atoms with E-state index in [0.717, 1.165) is 5.56 Å². The molecule has 0 fully saturated rings. The van der Waals surface area contributed by atoms with Crippen molar-refractivity contribution < 1.29 is 13.9 Å². The van der Waals surface area contributed by atoms with Crippen molar-refractivity contribution in [1.82, 2.24) is 0 Å². The molecule has 0 spiro atoms. The van der Waals surface area contributed by atoms with Gasteiger partial charge in [-0.3, -0.25) is 4.79 Å². The highest BCUT2D eigenvalue weighted by Gasteiger charge is 2.03. The van der Waals surface area contributed by atoms with Gasteiger partial charge in [0.25, 0.3) is 0 Å². The summed E-state index contributed by atoms with van der Waals surface area (Å²) in [5, 5.41) is 0. The zero-order valence-electron chi connectivity index (χ0n) is 9.80. The van der Waals surface area contributed by atoms with E-state index in [1.165, 1.54) is 18.2 Å². The van der Waals surface area contributed by atoms with E-state index in [1.54, 1.807) is 0 Å². The predicted molar refractivity (Wildman–Crippen MR) is 66.7 cm³/mol. The molecule has 0 radical (unpaired) electrons. The molecule has 0 aliphatic rings. The average molecular weight is 244 g/mol. The van der Waals surface area contributed by atoms with E-state index in [-0.39, 0.29) is 12.4 Å². The molecular formula is C15H13FO2. The molecule has 2 aromatic rings. The molecule has 2 rings (SSSR count). The maximum atomic E-state index is 13.1. The normalized spacial score (nSPS) is 10.3. The Balaban J connectivity index is 1.98. The summed E-state index contributed by atoms with van der Waals surface area (Å²) in [6.07, 6.45) is 0.709. The summed E-state index contributed by atoms with van der Waals surface area (Å²) in [6, 6.07) is 13.7. The highest BCUT2D eigenvalue weighted by Crippen LogP contribution is 2.12. The van der Waals surface area contributed by atoms with E-state index in [2.05, 4.69) is 0 Å². The van der Waals surface area contributed by atoms with E-state index < -0.39 is 0 Å². The average Bonchev–Trinajstić information content (AvgIpc) is 2.40. The van der Waals surface area contributed by atoms with Crippen LogP contribution in [0.15, 0.2) is 48.5 Å². The Bertz CT molecular complexity index is 523. The third-order valence-electron chi connectivity index (χ3n) is 2.60. The molecular weight excluding hydrogens is 231 g/mol. The number of benzene rings is 2. The van der Waals surface area contributed by atoms with Gasteiger partial charge in [-0.1, -0.05) is 30.3 Å². The minimum absolute atomic E-state index is 0.223. The van der Waals surface area contributed by atoms with Crippen molar-refractivity contribution >= 4 is 6.29 Å². The number of ether oxygens (including phenoxy) is 1. The molecule has 92 valence electrons. The number of carbonyl (C=O) groups is 1. The second-order valence-corrected chi connectivity index (χ2v) is 3.94. The van der Waals surface area contributed by atoms with E-state index >= 15 is 0 Å². The monoisotopic (exact) mass is 244 g/mol. The predicted octanol–water partition coefficient (Wildman–Crippen LogP) is 3.36. The van der Waals surface area contributed by atoms with E-state index in [1.807, 2.05) is 30.3 Å². The fourth-order valence-corrected chi connectivity index (χ4v) is 1.67. The third-order valence-corrected chi connectivity index (χ3v) is 2.60. The molecule has 0 aliphatic carbocycles. The van der Waals surface area contributed by atoms with Gasteiger partial charge in [-0.25, -0.2) is 4.39 Å². The molecule has 2 nitrogen and oxygen atoms in total. The summed E-state index contributed by atoms with van der Waals surface area (Å²) in [5.41, 5.74) is 2.08. The second-order valence-electron chi connectivity index (χ2n) is 3.94. The molecule has 0 saturated heterocycles. The first kappa shape index (κ1) is 12.5. The lowest BCUT2D eigenvalue weighted by atomic mass is 10.1. The van der Waals surface area contributed by atoms with Crippen molar-refractivity contribution in [3.63, 3.8) is 0 Å². The first-order valence-corrected chi connectivity index (χ1v) is 5.65. The van der Waals surface area contributed by atoms with Gasteiger partial charge in [-0.2, -0.15) is 0 Å². The Kier molecular flexibility index (Phi) is 4.20. The van der Waals surface area contributed by atoms with Gasteiger partial charge >= 0.3 is 0 Å². The quantitative estimate of drug-likeness (QED) is 0.754. The standard InChI is InChI=1S/C15H13FO2/c16-15-7-6-13(9-17)14(8-15)11-18-10-12-4-2-1-3-5-12/h1-9H,10-11H2. The van der Waals surface area contributed by atoms with Crippen LogP contribution in [0.4, 0.5) is 4.39 Å². The topological polar surface area (TPSA) is 26.3 Å². The van der Waals surface area contributed by atoms with Gasteiger partial charge in [-0.15, -0.1) is 0 Å². The van der Waals surface area contributed by atoms with Crippen molar-refractivity contribution in [1.29, 1.82) is 0 Å². The van der Waals surface area contributed by atoms with Gasteiger partial charge in [-0.05, 0) is 29.3 Å². The minimum Gasteiger partial charge on any atom is -0.372 e. The van der Waals surface area contributed by atoms with Crippen LogP contribution in [0.3, 0.4) is 0 Å². The molecule has 0 N–H and O–H groups in total. The summed E-state index contributed by atoms with van der Waals surface area (Å²) >= 11 is 0. The van der Waals surface area contributed by atoms with Gasteiger partial charge in [0.1, 0.15) is 12.1 Å². The molecule has 0 bridgehead atoms. The van der Waals surface area contributed by atoms with Crippen molar-refractivity contribution in [2.24, 2.45) is 0 Å². The van der Waals surface area contributed by atoms with Gasteiger partial charge < -0.3 is 4.74 Å². The molecule has 0 atom stereocenters. The molecule has 2 aromatic carbocycles. The zero-order chi connectivity index (χ0) is 12.8. The third kappa shape index (κ3) is 3.25. The maximum Gasteiger partial charge on any atom is 0.150 e. The lowest BCUT2D eigenvalue weighted by molar-refractivity contribution is 0.103. The van der Waals surface area contributed by atoms with Crippen molar-refractivity contribution in [3.8, 4) is 0 Å². The first-order chi connectivity index (χ1) is 8.79. The van der Waals surface area contributed by atoms with Gasteiger partial charge in [0.2, 0.25) is 0 Å². The minimum atomic E-state index is -0.362. The van der Waals surface area contributed by atoms with Crippen LogP contribution in [0.1, 0.15) is 21.5 Å². The molecule has 18 heavy (non-hydrogen) atoms. The van der Waals surface area contributed by atoms with Gasteiger partial charge in [0, 0.05) is 5.56 Å². The van der Waals surface area contributed by atoms with Crippen LogP contribution >= 0.6 is 0 Å². The van der Waals surface area contributed by atoms with Crippen LogP contribution in [-0.4, -0.2) is 6.29 Å². The largest absolute Gasteiger partial charge is 0.372 e. The van der Waals surface area contributed by atoms with Crippen LogP contribution in [0, 0.1) is 5.82 Å². The zero-order valence-corrected chi connectivity index (χ0v) is 9.80. The van der Waals surface area contributed by atoms with E-state index in [4.69, 9.17) is 4.74 Å². The Morgan fingerprint density at radius 2 is 1.83 bits per heavy atom. The summed E-state index contributed by atoms with van der Waals surface area (Å²) in [7, 11) is 0. The Labute approximate surface area is 105 Å². The smallest absolute Gasteiger partial charge is 0.150 e. The summed E-state index contributed by atoms with van der Waals surface area (Å²) in [6.45, 7) is 0.663. The molecule has 0 unspecified atom stereocenters. The van der Waals surface area contributed by atoms with Crippen molar-refractivity contribution in [2.45, 2.75) is 13.2 Å². The SMILES string of the molecule is O=Cc1ccc(F)cc1COCc1ccccc1. The number of hydrogen-bond donors (Lipinski definition) is 0. The molecule has 0 amide bonds. The maximum absolute atomic E-state index is 13.1. The summed E-state index contributed by atoms with van der Waals surface area (Å²) < 4.78 is 18.5. The fraction of sp³-hybridized carbons (Fsp3) is 0.133. The van der Waals surface area contributed by atoms with E-state index in [9.17, 15) is 9.18 Å². The Hall–Kier alpha value is -2.00. The number of carbonyl (C=O) groups excluding carboxylic acids is 1. The van der Waals surface area contributed by atoms with Crippen LogP contribution in [0.5, 0.6) is 0 Å². The Morgan fingerprint density at radius 3 is 2.56 bits per heavy atom. The van der Waals surface area contributed by atoms with Crippen molar-refractivity contribution in [2.75, 3.05) is 0 Å². The number of hydrogen-bond acceptors (Lipinski definition) is 2. The molecule has 0 aliphatic heterocycles. The first-order valence-electron chi connectivity index (χ1n) is 5.65. The second kappa shape index (κ2) is 6.07. The number of rotatable bonds is 5. The van der Waals surface area contributed by atoms with Gasteiger partial charge in [0.05, 0.1) is 13.2 Å². The van der Waals surface area contributed by atoms with E-state index in [0.29, 0.717) is 24.0 Å². The van der Waals surface area contributed by atoms with Crippen LogP contribution in [-0.2, 0) is 18.0 Å². The van der Waals surface area contributed by atoms with Crippen LogP contribution in [0.2, 0.25) is 0 Å². The summed E-state index contributed by atoms with van der Waals surface area (Å²) in [4.78, 5) is 10.8. The fourth-order valence-electron chi connectivity index (χ4n) is 1.67. The molecule has 0 saturated carbocycles. The summed E-state index contributed by atoms with van der Waals surface area (Å²) in [5.74, 6) is -0.362. The molecule has 0 aromatic heterocycles. The molecule has 0 heterocycles. The number of aldehydes is 1.